The third-order valence-electron chi connectivity index (χ3n) is 1.96. The van der Waals surface area contributed by atoms with Crippen molar-refractivity contribution in [1.29, 1.82) is 0 Å². The van der Waals surface area contributed by atoms with E-state index in [2.05, 4.69) is 56.3 Å². The fraction of sp³-hybridized carbons (Fsp3) is 0.333. The molecule has 58 valence electrons. The molecule has 0 saturated carbocycles. The Labute approximate surface area is 80.9 Å². The van der Waals surface area contributed by atoms with Crippen LogP contribution in [0.1, 0.15) is 5.56 Å². The van der Waals surface area contributed by atoms with Crippen LogP contribution in [0, 0.1) is 0 Å². The smallest absolute Gasteiger partial charge is 0.0370 e. The van der Waals surface area contributed by atoms with Gasteiger partial charge in [-0.1, -0.05) is 30.3 Å². The fourth-order valence-electron chi connectivity index (χ4n) is 1.20. The Kier molecular flexibility index (Phi) is 2.13. The van der Waals surface area contributed by atoms with Gasteiger partial charge in [-0.25, -0.2) is 3.11 Å². The molecule has 1 unspecified atom stereocenters. The molecule has 1 nitrogen and oxygen atoms in total. The summed E-state index contributed by atoms with van der Waals surface area (Å²) in [4.78, 5) is 0. The predicted molar refractivity (Wildman–Crippen MR) is 54.7 cm³/mol. The Morgan fingerprint density at radius 3 is 2.55 bits per heavy atom. The zero-order valence-corrected chi connectivity index (χ0v) is 8.36. The molecule has 1 aliphatic rings. The molecule has 0 N–H and O–H groups in total. The van der Waals surface area contributed by atoms with E-state index in [-0.39, 0.29) is 0 Å². The van der Waals surface area contributed by atoms with Gasteiger partial charge in [0.1, 0.15) is 0 Å². The van der Waals surface area contributed by atoms with Crippen molar-refractivity contribution < 1.29 is 0 Å². The molecule has 0 radical (unpaired) electrons. The van der Waals surface area contributed by atoms with Crippen LogP contribution < -0.4 is 0 Å². The first-order valence-electron chi connectivity index (χ1n) is 3.82. The van der Waals surface area contributed by atoms with E-state index in [9.17, 15) is 0 Å². The summed E-state index contributed by atoms with van der Waals surface area (Å²) in [6, 6.07) is 11.5. The molecule has 0 aromatic heterocycles. The summed E-state index contributed by atoms with van der Waals surface area (Å²) in [7, 11) is 0. The summed E-state index contributed by atoms with van der Waals surface area (Å²) >= 11 is 2.38. The largest absolute Gasteiger partial charge is 0.241 e. The molecule has 1 aromatic rings. The van der Waals surface area contributed by atoms with Crippen LogP contribution in [0.15, 0.2) is 30.3 Å². The number of nitrogens with zero attached hydrogens (tertiary/aromatic N) is 1. The Morgan fingerprint density at radius 1 is 1.36 bits per heavy atom. The summed E-state index contributed by atoms with van der Waals surface area (Å²) in [5.41, 5.74) is 1.46. The summed E-state index contributed by atoms with van der Waals surface area (Å²) in [6.07, 6.45) is 1.21. The zero-order chi connectivity index (χ0) is 7.68. The maximum absolute atomic E-state index is 2.38. The van der Waals surface area contributed by atoms with E-state index in [1.54, 1.807) is 0 Å². The van der Waals surface area contributed by atoms with Crippen molar-refractivity contribution in [2.45, 2.75) is 12.5 Å². The number of benzene rings is 1. The van der Waals surface area contributed by atoms with Crippen LogP contribution >= 0.6 is 22.9 Å². The first-order valence-corrected chi connectivity index (χ1v) is 4.79. The van der Waals surface area contributed by atoms with Crippen LogP contribution in [0.25, 0.3) is 0 Å². The third-order valence-corrected chi connectivity index (χ3v) is 3.14. The minimum Gasteiger partial charge on any atom is -0.241 e. The highest BCUT2D eigenvalue weighted by Gasteiger charge is 2.31. The highest BCUT2D eigenvalue weighted by atomic mass is 127. The van der Waals surface area contributed by atoms with Gasteiger partial charge in [-0.2, -0.15) is 0 Å². The lowest BCUT2D eigenvalue weighted by Gasteiger charge is -1.96. The molecule has 1 aliphatic heterocycles. The van der Waals surface area contributed by atoms with Crippen LogP contribution in [0.4, 0.5) is 0 Å². The van der Waals surface area contributed by atoms with Gasteiger partial charge < -0.3 is 0 Å². The maximum atomic E-state index is 2.38. The van der Waals surface area contributed by atoms with Crippen molar-refractivity contribution in [3.8, 4) is 0 Å². The lowest BCUT2D eigenvalue weighted by atomic mass is 10.1. The van der Waals surface area contributed by atoms with Gasteiger partial charge in [0.25, 0.3) is 0 Å². The van der Waals surface area contributed by atoms with Gasteiger partial charge in [0.05, 0.1) is 0 Å². The molecule has 1 heterocycles. The van der Waals surface area contributed by atoms with E-state index in [0.717, 1.165) is 6.04 Å². The highest BCUT2D eigenvalue weighted by molar-refractivity contribution is 14.1. The molecule has 0 spiro atoms. The van der Waals surface area contributed by atoms with E-state index in [1.807, 2.05) is 0 Å². The third kappa shape index (κ3) is 1.93. The van der Waals surface area contributed by atoms with Gasteiger partial charge in [-0.05, 0) is 12.0 Å². The molecule has 1 aromatic carbocycles. The van der Waals surface area contributed by atoms with E-state index >= 15 is 0 Å². The quantitative estimate of drug-likeness (QED) is 0.447. The lowest BCUT2D eigenvalue weighted by molar-refractivity contribution is 0.822. The second kappa shape index (κ2) is 3.11. The molecule has 11 heavy (non-hydrogen) atoms. The summed E-state index contributed by atoms with van der Waals surface area (Å²) in [5.74, 6) is 0. The minimum absolute atomic E-state index is 0.804. The van der Waals surface area contributed by atoms with Crippen molar-refractivity contribution in [1.82, 2.24) is 3.11 Å². The van der Waals surface area contributed by atoms with Gasteiger partial charge >= 0.3 is 0 Å². The van der Waals surface area contributed by atoms with Crippen LogP contribution in [0.2, 0.25) is 0 Å². The molecule has 2 atom stereocenters. The van der Waals surface area contributed by atoms with Crippen molar-refractivity contribution in [3.63, 3.8) is 0 Å². The SMILES string of the molecule is IN1C[C@@H]1Cc1ccccc1. The second-order valence-corrected chi connectivity index (χ2v) is 4.17. The van der Waals surface area contributed by atoms with E-state index < -0.39 is 0 Å². The van der Waals surface area contributed by atoms with Gasteiger partial charge in [0.2, 0.25) is 0 Å². The predicted octanol–water partition coefficient (Wildman–Crippen LogP) is 2.26. The zero-order valence-electron chi connectivity index (χ0n) is 6.20. The van der Waals surface area contributed by atoms with Crippen molar-refractivity contribution >= 4 is 22.9 Å². The summed E-state index contributed by atoms with van der Waals surface area (Å²) in [5, 5.41) is 0. The average Bonchev–Trinajstić information content (AvgIpc) is 2.69. The molecule has 2 heteroatoms. The summed E-state index contributed by atoms with van der Waals surface area (Å²) < 4.78 is 2.34. The van der Waals surface area contributed by atoms with E-state index in [4.69, 9.17) is 0 Å². The molecule has 1 fully saturated rings. The number of hydrogen-bond donors (Lipinski definition) is 0. The van der Waals surface area contributed by atoms with Gasteiger partial charge in [0, 0.05) is 35.5 Å². The first-order chi connectivity index (χ1) is 5.36. The van der Waals surface area contributed by atoms with Crippen LogP contribution in [-0.2, 0) is 6.42 Å². The fourth-order valence-corrected chi connectivity index (χ4v) is 1.86. The maximum Gasteiger partial charge on any atom is 0.0370 e. The Morgan fingerprint density at radius 2 is 2.00 bits per heavy atom. The van der Waals surface area contributed by atoms with Crippen LogP contribution in [-0.4, -0.2) is 15.7 Å². The molecule has 0 aliphatic carbocycles. The van der Waals surface area contributed by atoms with Crippen molar-refractivity contribution in [3.05, 3.63) is 35.9 Å². The first kappa shape index (κ1) is 7.55. The normalized spacial score (nSPS) is 28.5. The van der Waals surface area contributed by atoms with Crippen LogP contribution in [0.3, 0.4) is 0 Å². The molecular weight excluding hydrogens is 249 g/mol. The Hall–Kier alpha value is -0.0900. The highest BCUT2D eigenvalue weighted by Crippen LogP contribution is 2.25. The Bertz CT molecular complexity index is 235. The molecule has 0 bridgehead atoms. The molecule has 1 saturated heterocycles. The lowest BCUT2D eigenvalue weighted by Crippen LogP contribution is -1.94. The number of rotatable bonds is 2. The molecular formula is C9H10IN. The second-order valence-electron chi connectivity index (χ2n) is 2.93. The number of halogens is 1. The Balaban J connectivity index is 1.97. The van der Waals surface area contributed by atoms with Crippen molar-refractivity contribution in [2.75, 3.05) is 6.54 Å². The topological polar surface area (TPSA) is 3.01 Å². The van der Waals surface area contributed by atoms with E-state index in [1.165, 1.54) is 18.5 Å². The minimum atomic E-state index is 0.804. The van der Waals surface area contributed by atoms with Crippen molar-refractivity contribution in [2.24, 2.45) is 0 Å². The monoisotopic (exact) mass is 259 g/mol. The summed E-state index contributed by atoms with van der Waals surface area (Å²) in [6.45, 7) is 1.26. The molecule has 0 amide bonds. The van der Waals surface area contributed by atoms with Gasteiger partial charge in [-0.3, -0.25) is 0 Å². The van der Waals surface area contributed by atoms with Gasteiger partial charge in [0.15, 0.2) is 0 Å². The van der Waals surface area contributed by atoms with Gasteiger partial charge in [-0.15, -0.1) is 0 Å². The molecule has 2 rings (SSSR count). The standard InChI is InChI=1S/C9H10IN/c10-11-7-9(11)6-8-4-2-1-3-5-8/h1-5,9H,6-7H2/t9-,11?/m0/s1. The average molecular weight is 259 g/mol. The van der Waals surface area contributed by atoms with E-state index in [0.29, 0.717) is 0 Å². The number of hydrogen-bond acceptors (Lipinski definition) is 1. The van der Waals surface area contributed by atoms with Crippen LogP contribution in [0.5, 0.6) is 0 Å².